The monoisotopic (exact) mass is 382 g/mol. The Morgan fingerprint density at radius 3 is 2.57 bits per heavy atom. The zero-order valence-electron chi connectivity index (χ0n) is 15.8. The lowest BCUT2D eigenvalue weighted by atomic mass is 10.1. The SMILES string of the molecule is CCN(CC)C(=O)c1ccc2c(c1)N(CC(=O)Nc1ccncc1)C(=O)CO2. The van der Waals surface area contributed by atoms with Crippen molar-refractivity contribution in [1.82, 2.24) is 9.88 Å². The highest BCUT2D eigenvalue weighted by atomic mass is 16.5. The summed E-state index contributed by atoms with van der Waals surface area (Å²) in [7, 11) is 0. The topological polar surface area (TPSA) is 91.8 Å². The molecule has 0 fully saturated rings. The molecule has 1 aromatic carbocycles. The molecule has 2 heterocycles. The Balaban J connectivity index is 1.83. The summed E-state index contributed by atoms with van der Waals surface area (Å²) in [5.41, 5.74) is 1.45. The van der Waals surface area contributed by atoms with Crippen molar-refractivity contribution >= 4 is 29.1 Å². The summed E-state index contributed by atoms with van der Waals surface area (Å²) in [6, 6.07) is 8.26. The molecule has 0 unspecified atom stereocenters. The zero-order valence-corrected chi connectivity index (χ0v) is 15.8. The van der Waals surface area contributed by atoms with Crippen LogP contribution >= 0.6 is 0 Å². The third-order valence-corrected chi connectivity index (χ3v) is 4.47. The second-order valence-electron chi connectivity index (χ2n) is 6.21. The van der Waals surface area contributed by atoms with E-state index < -0.39 is 0 Å². The number of anilines is 2. The Bertz CT molecular complexity index is 881. The van der Waals surface area contributed by atoms with E-state index in [9.17, 15) is 14.4 Å². The quantitative estimate of drug-likeness (QED) is 0.824. The van der Waals surface area contributed by atoms with Crippen molar-refractivity contribution in [3.05, 3.63) is 48.3 Å². The van der Waals surface area contributed by atoms with Gasteiger partial charge in [-0.05, 0) is 44.2 Å². The number of carbonyl (C=O) groups excluding carboxylic acids is 3. The van der Waals surface area contributed by atoms with Crippen molar-refractivity contribution in [2.75, 3.05) is 36.5 Å². The zero-order chi connectivity index (χ0) is 20.1. The van der Waals surface area contributed by atoms with Crippen LogP contribution in [0.2, 0.25) is 0 Å². The van der Waals surface area contributed by atoms with Gasteiger partial charge in [-0.2, -0.15) is 0 Å². The third-order valence-electron chi connectivity index (χ3n) is 4.47. The van der Waals surface area contributed by atoms with Crippen LogP contribution in [0.1, 0.15) is 24.2 Å². The minimum absolute atomic E-state index is 0.132. The van der Waals surface area contributed by atoms with E-state index >= 15 is 0 Å². The van der Waals surface area contributed by atoms with Gasteiger partial charge >= 0.3 is 0 Å². The van der Waals surface area contributed by atoms with Crippen LogP contribution in [0.3, 0.4) is 0 Å². The molecule has 0 atom stereocenters. The van der Waals surface area contributed by atoms with E-state index in [2.05, 4.69) is 10.3 Å². The molecule has 0 radical (unpaired) electrons. The molecule has 1 N–H and O–H groups in total. The van der Waals surface area contributed by atoms with Gasteiger partial charge in [0.1, 0.15) is 12.3 Å². The summed E-state index contributed by atoms with van der Waals surface area (Å²) >= 11 is 0. The first-order chi connectivity index (χ1) is 13.5. The fraction of sp³-hybridized carbons (Fsp3) is 0.300. The Morgan fingerprint density at radius 1 is 1.18 bits per heavy atom. The Morgan fingerprint density at radius 2 is 1.89 bits per heavy atom. The maximum Gasteiger partial charge on any atom is 0.265 e. The molecule has 0 saturated carbocycles. The molecular formula is C20H22N4O4. The average Bonchev–Trinajstić information content (AvgIpc) is 2.71. The molecule has 1 aromatic heterocycles. The molecule has 0 saturated heterocycles. The Hall–Kier alpha value is -3.42. The number of rotatable bonds is 6. The fourth-order valence-corrected chi connectivity index (χ4v) is 2.98. The number of benzene rings is 1. The van der Waals surface area contributed by atoms with E-state index in [4.69, 9.17) is 4.74 Å². The molecular weight excluding hydrogens is 360 g/mol. The van der Waals surface area contributed by atoms with E-state index in [1.807, 2.05) is 13.8 Å². The average molecular weight is 382 g/mol. The number of hydrogen-bond acceptors (Lipinski definition) is 5. The molecule has 2 aromatic rings. The first-order valence-electron chi connectivity index (χ1n) is 9.09. The van der Waals surface area contributed by atoms with Gasteiger partial charge in [0.15, 0.2) is 6.61 Å². The van der Waals surface area contributed by atoms with Crippen molar-refractivity contribution in [3.8, 4) is 5.75 Å². The second-order valence-corrected chi connectivity index (χ2v) is 6.21. The second kappa shape index (κ2) is 8.51. The lowest BCUT2D eigenvalue weighted by Crippen LogP contribution is -2.43. The van der Waals surface area contributed by atoms with Crippen LogP contribution in [0.4, 0.5) is 11.4 Å². The minimum atomic E-state index is -0.354. The smallest absolute Gasteiger partial charge is 0.265 e. The van der Waals surface area contributed by atoms with Crippen LogP contribution in [-0.4, -0.2) is 53.8 Å². The summed E-state index contributed by atoms with van der Waals surface area (Å²) in [5.74, 6) is -0.364. The number of ether oxygens (including phenoxy) is 1. The first-order valence-corrected chi connectivity index (χ1v) is 9.09. The molecule has 1 aliphatic heterocycles. The van der Waals surface area contributed by atoms with Crippen LogP contribution in [-0.2, 0) is 9.59 Å². The van der Waals surface area contributed by atoms with E-state index in [0.717, 1.165) is 0 Å². The van der Waals surface area contributed by atoms with Crippen LogP contribution < -0.4 is 15.0 Å². The van der Waals surface area contributed by atoms with Crippen molar-refractivity contribution in [2.45, 2.75) is 13.8 Å². The van der Waals surface area contributed by atoms with Crippen molar-refractivity contribution in [1.29, 1.82) is 0 Å². The van der Waals surface area contributed by atoms with Crippen LogP contribution in [0.5, 0.6) is 5.75 Å². The molecule has 0 spiro atoms. The molecule has 3 amide bonds. The van der Waals surface area contributed by atoms with Gasteiger partial charge in [0, 0.05) is 36.7 Å². The largest absolute Gasteiger partial charge is 0.482 e. The molecule has 8 nitrogen and oxygen atoms in total. The lowest BCUT2D eigenvalue weighted by molar-refractivity contribution is -0.123. The van der Waals surface area contributed by atoms with Gasteiger partial charge in [-0.25, -0.2) is 0 Å². The van der Waals surface area contributed by atoms with Gasteiger partial charge in [0.2, 0.25) is 5.91 Å². The van der Waals surface area contributed by atoms with Crippen molar-refractivity contribution in [3.63, 3.8) is 0 Å². The third kappa shape index (κ3) is 4.11. The summed E-state index contributed by atoms with van der Waals surface area (Å²) in [4.78, 5) is 44.4. The van der Waals surface area contributed by atoms with Crippen molar-refractivity contribution in [2.24, 2.45) is 0 Å². The van der Waals surface area contributed by atoms with Gasteiger partial charge in [-0.1, -0.05) is 0 Å². The van der Waals surface area contributed by atoms with Crippen LogP contribution in [0.25, 0.3) is 0 Å². The van der Waals surface area contributed by atoms with Gasteiger partial charge in [-0.3, -0.25) is 24.3 Å². The van der Waals surface area contributed by atoms with E-state index in [1.165, 1.54) is 4.90 Å². The maximum atomic E-state index is 12.6. The van der Waals surface area contributed by atoms with Gasteiger partial charge in [0.05, 0.1) is 5.69 Å². The predicted molar refractivity (Wildman–Crippen MR) is 104 cm³/mol. The molecule has 146 valence electrons. The Labute approximate surface area is 163 Å². The maximum absolute atomic E-state index is 12.6. The number of amides is 3. The predicted octanol–water partition coefficient (Wildman–Crippen LogP) is 1.93. The lowest BCUT2D eigenvalue weighted by Gasteiger charge is -2.29. The van der Waals surface area contributed by atoms with Crippen molar-refractivity contribution < 1.29 is 19.1 Å². The van der Waals surface area contributed by atoms with Gasteiger partial charge in [0.25, 0.3) is 11.8 Å². The molecule has 0 aliphatic carbocycles. The summed E-state index contributed by atoms with van der Waals surface area (Å²) in [5, 5.41) is 2.73. The summed E-state index contributed by atoms with van der Waals surface area (Å²) in [6.07, 6.45) is 3.13. The minimum Gasteiger partial charge on any atom is -0.482 e. The number of carbonyl (C=O) groups is 3. The Kier molecular flexibility index (Phi) is 5.88. The summed E-state index contributed by atoms with van der Waals surface area (Å²) in [6.45, 7) is 4.64. The molecule has 28 heavy (non-hydrogen) atoms. The highest BCUT2D eigenvalue weighted by Crippen LogP contribution is 2.33. The van der Waals surface area contributed by atoms with E-state index in [0.29, 0.717) is 35.8 Å². The standard InChI is InChI=1S/C20H22N4O4/c1-3-23(4-2)20(27)14-5-6-17-16(11-14)24(19(26)13-28-17)12-18(25)22-15-7-9-21-10-8-15/h5-11H,3-4,12-13H2,1-2H3,(H,21,22,25). The number of fused-ring (bicyclic) bond motifs is 1. The normalized spacial score (nSPS) is 12.8. The molecule has 8 heteroatoms. The highest BCUT2D eigenvalue weighted by Gasteiger charge is 2.28. The van der Waals surface area contributed by atoms with Gasteiger partial charge in [-0.15, -0.1) is 0 Å². The number of nitrogens with zero attached hydrogens (tertiary/aromatic N) is 3. The number of nitrogens with one attached hydrogen (secondary N) is 1. The molecule has 3 rings (SSSR count). The number of hydrogen-bond donors (Lipinski definition) is 1. The number of aromatic nitrogens is 1. The molecule has 1 aliphatic rings. The van der Waals surface area contributed by atoms with Crippen LogP contribution in [0.15, 0.2) is 42.7 Å². The van der Waals surface area contributed by atoms with E-state index in [1.54, 1.807) is 47.6 Å². The first kappa shape index (κ1) is 19.3. The highest BCUT2D eigenvalue weighted by molar-refractivity contribution is 6.06. The van der Waals surface area contributed by atoms with Gasteiger partial charge < -0.3 is 15.0 Å². The van der Waals surface area contributed by atoms with E-state index in [-0.39, 0.29) is 30.9 Å². The van der Waals surface area contributed by atoms with Crippen LogP contribution in [0, 0.1) is 0 Å². The number of pyridine rings is 1. The summed E-state index contributed by atoms with van der Waals surface area (Å²) < 4.78 is 5.46. The fourth-order valence-electron chi connectivity index (χ4n) is 2.98. The molecule has 0 bridgehead atoms.